The van der Waals surface area contributed by atoms with Gasteiger partial charge in [0.1, 0.15) is 5.69 Å². The minimum atomic E-state index is -0.439. The highest BCUT2D eigenvalue weighted by Gasteiger charge is 2.27. The molecule has 0 amide bonds. The summed E-state index contributed by atoms with van der Waals surface area (Å²) in [5.41, 5.74) is 0.379. The van der Waals surface area contributed by atoms with Crippen molar-refractivity contribution in [2.75, 3.05) is 18.5 Å². The molecule has 92 valence electrons. The van der Waals surface area contributed by atoms with Gasteiger partial charge in [0.05, 0.1) is 16.9 Å². The summed E-state index contributed by atoms with van der Waals surface area (Å²) in [6.07, 6.45) is 0. The van der Waals surface area contributed by atoms with Gasteiger partial charge in [-0.1, -0.05) is 0 Å². The Bertz CT molecular complexity index is 474. The molecule has 0 aromatic carbocycles. The van der Waals surface area contributed by atoms with Crippen LogP contribution in [0.25, 0.3) is 0 Å². The normalized spacial score (nSPS) is 11.9. The zero-order chi connectivity index (χ0) is 13.2. The van der Waals surface area contributed by atoms with Gasteiger partial charge < -0.3 is 4.90 Å². The van der Waals surface area contributed by atoms with Gasteiger partial charge in [0, 0.05) is 20.6 Å². The second kappa shape index (κ2) is 4.82. The van der Waals surface area contributed by atoms with Gasteiger partial charge in [-0.3, -0.25) is 10.1 Å². The molecule has 0 saturated heterocycles. The summed E-state index contributed by atoms with van der Waals surface area (Å²) in [6, 6.07) is 2.10. The Labute approximate surface area is 99.4 Å². The maximum absolute atomic E-state index is 11.0. The molecule has 7 heteroatoms. The van der Waals surface area contributed by atoms with Crippen LogP contribution in [0.3, 0.4) is 0 Å². The minimum absolute atomic E-state index is 0.000129. The predicted molar refractivity (Wildman–Crippen MR) is 62.6 cm³/mol. The first-order valence-electron chi connectivity index (χ1n) is 5.17. The SMILES string of the molecule is Cc1nn(C)c(N(C)CC(C)C#N)c1[N+](=O)[O-]. The van der Waals surface area contributed by atoms with Gasteiger partial charge in [-0.25, -0.2) is 4.68 Å². The van der Waals surface area contributed by atoms with E-state index in [1.54, 1.807) is 32.8 Å². The number of anilines is 1. The number of nitrogens with zero attached hydrogens (tertiary/aromatic N) is 5. The van der Waals surface area contributed by atoms with Crippen molar-refractivity contribution in [3.05, 3.63) is 15.8 Å². The number of hydrogen-bond donors (Lipinski definition) is 0. The molecule has 1 unspecified atom stereocenters. The van der Waals surface area contributed by atoms with E-state index in [4.69, 9.17) is 5.26 Å². The molecule has 0 aliphatic heterocycles. The summed E-state index contributed by atoms with van der Waals surface area (Å²) in [4.78, 5) is 12.2. The quantitative estimate of drug-likeness (QED) is 0.580. The van der Waals surface area contributed by atoms with Crippen molar-refractivity contribution in [2.45, 2.75) is 13.8 Å². The molecule has 1 aromatic heterocycles. The van der Waals surface area contributed by atoms with Gasteiger partial charge in [-0.05, 0) is 13.8 Å². The monoisotopic (exact) mass is 237 g/mol. The first-order valence-corrected chi connectivity index (χ1v) is 5.17. The Kier molecular flexibility index (Phi) is 3.68. The second-order valence-corrected chi connectivity index (χ2v) is 4.05. The zero-order valence-electron chi connectivity index (χ0n) is 10.3. The fourth-order valence-electron chi connectivity index (χ4n) is 1.81. The molecule has 0 aliphatic rings. The summed E-state index contributed by atoms with van der Waals surface area (Å²) in [6.45, 7) is 3.80. The van der Waals surface area contributed by atoms with Crippen LogP contribution in [0, 0.1) is 34.3 Å². The number of nitriles is 1. The molecule has 0 radical (unpaired) electrons. The summed E-state index contributed by atoms with van der Waals surface area (Å²) in [7, 11) is 3.38. The van der Waals surface area contributed by atoms with Crippen LogP contribution < -0.4 is 4.90 Å². The van der Waals surface area contributed by atoms with Gasteiger partial charge in [-0.15, -0.1) is 0 Å². The van der Waals surface area contributed by atoms with Crippen molar-refractivity contribution in [1.82, 2.24) is 9.78 Å². The van der Waals surface area contributed by atoms with Gasteiger partial charge in [-0.2, -0.15) is 10.4 Å². The van der Waals surface area contributed by atoms with Crippen molar-refractivity contribution in [1.29, 1.82) is 5.26 Å². The number of aryl methyl sites for hydroxylation is 2. The van der Waals surface area contributed by atoms with E-state index in [1.807, 2.05) is 0 Å². The lowest BCUT2D eigenvalue weighted by Crippen LogP contribution is -2.26. The molecule has 0 N–H and O–H groups in total. The largest absolute Gasteiger partial charge is 0.353 e. The highest BCUT2D eigenvalue weighted by molar-refractivity contribution is 5.60. The Morgan fingerprint density at radius 2 is 2.29 bits per heavy atom. The van der Waals surface area contributed by atoms with E-state index in [-0.39, 0.29) is 11.6 Å². The van der Waals surface area contributed by atoms with Crippen molar-refractivity contribution in [3.8, 4) is 6.07 Å². The number of nitro groups is 1. The highest BCUT2D eigenvalue weighted by Crippen LogP contribution is 2.30. The number of rotatable bonds is 4. The Morgan fingerprint density at radius 1 is 1.71 bits per heavy atom. The summed E-state index contributed by atoms with van der Waals surface area (Å²) in [5.74, 6) is 0.226. The number of aromatic nitrogens is 2. The molecule has 17 heavy (non-hydrogen) atoms. The standard InChI is InChI=1S/C10H15N5O2/c1-7(5-11)6-13(3)10-9(15(16)17)8(2)12-14(10)4/h7H,6H2,1-4H3. The third kappa shape index (κ3) is 2.53. The third-order valence-corrected chi connectivity index (χ3v) is 2.47. The first-order chi connectivity index (χ1) is 7.88. The molecule has 0 fully saturated rings. The van der Waals surface area contributed by atoms with Crippen molar-refractivity contribution >= 4 is 11.5 Å². The van der Waals surface area contributed by atoms with Crippen LogP contribution in [0.5, 0.6) is 0 Å². The fraction of sp³-hybridized carbons (Fsp3) is 0.600. The lowest BCUT2D eigenvalue weighted by atomic mass is 10.2. The molecule has 1 atom stereocenters. The highest BCUT2D eigenvalue weighted by atomic mass is 16.6. The smallest absolute Gasteiger partial charge is 0.333 e. The minimum Gasteiger partial charge on any atom is -0.353 e. The van der Waals surface area contributed by atoms with Crippen LogP contribution in [0.4, 0.5) is 11.5 Å². The van der Waals surface area contributed by atoms with Crippen molar-refractivity contribution in [3.63, 3.8) is 0 Å². The predicted octanol–water partition coefficient (Wildman–Crippen LogP) is 1.23. The summed E-state index contributed by atoms with van der Waals surface area (Å²) < 4.78 is 1.47. The zero-order valence-corrected chi connectivity index (χ0v) is 10.3. The van der Waals surface area contributed by atoms with Crippen LogP contribution in [0.1, 0.15) is 12.6 Å². The van der Waals surface area contributed by atoms with E-state index in [9.17, 15) is 10.1 Å². The van der Waals surface area contributed by atoms with E-state index in [2.05, 4.69) is 11.2 Å². The number of hydrogen-bond acceptors (Lipinski definition) is 5. The van der Waals surface area contributed by atoms with Gasteiger partial charge >= 0.3 is 5.69 Å². The fourth-order valence-corrected chi connectivity index (χ4v) is 1.81. The van der Waals surface area contributed by atoms with Crippen LogP contribution in [-0.4, -0.2) is 28.3 Å². The van der Waals surface area contributed by atoms with Crippen molar-refractivity contribution in [2.24, 2.45) is 13.0 Å². The molecular weight excluding hydrogens is 222 g/mol. The Hall–Kier alpha value is -2.10. The van der Waals surface area contributed by atoms with Gasteiger partial charge in [0.15, 0.2) is 0 Å². The molecule has 7 nitrogen and oxygen atoms in total. The molecular formula is C10H15N5O2. The van der Waals surface area contributed by atoms with Crippen LogP contribution >= 0.6 is 0 Å². The van der Waals surface area contributed by atoms with Crippen LogP contribution in [0.2, 0.25) is 0 Å². The van der Waals surface area contributed by atoms with Gasteiger partial charge in [0.25, 0.3) is 0 Å². The topological polar surface area (TPSA) is 88.0 Å². The first kappa shape index (κ1) is 13.0. The van der Waals surface area contributed by atoms with E-state index in [1.165, 1.54) is 4.68 Å². The average Bonchev–Trinajstić information content (AvgIpc) is 2.53. The van der Waals surface area contributed by atoms with E-state index in [0.717, 1.165) is 0 Å². The lowest BCUT2D eigenvalue weighted by Gasteiger charge is -2.19. The van der Waals surface area contributed by atoms with E-state index < -0.39 is 4.92 Å². The molecule has 1 aromatic rings. The third-order valence-electron chi connectivity index (χ3n) is 2.47. The van der Waals surface area contributed by atoms with E-state index in [0.29, 0.717) is 18.1 Å². The molecule has 1 heterocycles. The molecule has 0 saturated carbocycles. The Balaban J connectivity index is 3.13. The average molecular weight is 237 g/mol. The maximum Gasteiger partial charge on any atom is 0.333 e. The lowest BCUT2D eigenvalue weighted by molar-refractivity contribution is -0.384. The van der Waals surface area contributed by atoms with Crippen molar-refractivity contribution < 1.29 is 4.92 Å². The summed E-state index contributed by atoms with van der Waals surface area (Å²) in [5, 5.41) is 23.8. The van der Waals surface area contributed by atoms with Crippen LogP contribution in [0.15, 0.2) is 0 Å². The van der Waals surface area contributed by atoms with E-state index >= 15 is 0 Å². The molecule has 0 aliphatic carbocycles. The molecule has 0 spiro atoms. The maximum atomic E-state index is 11.0. The Morgan fingerprint density at radius 3 is 2.76 bits per heavy atom. The second-order valence-electron chi connectivity index (χ2n) is 4.05. The van der Waals surface area contributed by atoms with Crippen LogP contribution in [-0.2, 0) is 7.05 Å². The molecule has 0 bridgehead atoms. The molecule has 1 rings (SSSR count). The van der Waals surface area contributed by atoms with Gasteiger partial charge in [0.2, 0.25) is 5.82 Å². The summed E-state index contributed by atoms with van der Waals surface area (Å²) >= 11 is 0.